The van der Waals surface area contributed by atoms with Gasteiger partial charge in [0.1, 0.15) is 0 Å². The monoisotopic (exact) mass is 252 g/mol. The van der Waals surface area contributed by atoms with Gasteiger partial charge in [0.25, 0.3) is 0 Å². The number of rotatable bonds is 2. The number of hydrogen-bond donors (Lipinski definition) is 0. The second kappa shape index (κ2) is 4.55. The van der Waals surface area contributed by atoms with Gasteiger partial charge in [0, 0.05) is 35.9 Å². The molecule has 0 aromatic carbocycles. The Labute approximate surface area is 104 Å². The van der Waals surface area contributed by atoms with Crippen molar-refractivity contribution in [1.29, 1.82) is 0 Å². The van der Waals surface area contributed by atoms with Crippen molar-refractivity contribution in [3.8, 4) is 0 Å². The molecule has 2 heterocycles. The highest BCUT2D eigenvalue weighted by molar-refractivity contribution is 7.70. The van der Waals surface area contributed by atoms with Crippen molar-refractivity contribution >= 4 is 12.6 Å². The summed E-state index contributed by atoms with van der Waals surface area (Å²) in [6, 6.07) is 3.81. The molecule has 0 saturated carbocycles. The Hall–Kier alpha value is -0.660. The second-order valence-corrected chi connectivity index (χ2v) is 9.19. The fourth-order valence-electron chi connectivity index (χ4n) is 2.50. The van der Waals surface area contributed by atoms with E-state index in [0.29, 0.717) is 0 Å². The van der Waals surface area contributed by atoms with Crippen LogP contribution >= 0.6 is 7.29 Å². The summed E-state index contributed by atoms with van der Waals surface area (Å²) in [6.07, 6.45) is 5.80. The fraction of sp³-hybridized carbons (Fsp3) is 0.615. The maximum absolute atomic E-state index is 13.5. The molecule has 1 aliphatic rings. The molecule has 1 fully saturated rings. The van der Waals surface area contributed by atoms with E-state index in [4.69, 9.17) is 0 Å². The highest BCUT2D eigenvalue weighted by Crippen LogP contribution is 2.60. The maximum Gasteiger partial charge on any atom is 0.183 e. The van der Waals surface area contributed by atoms with Crippen molar-refractivity contribution < 1.29 is 4.57 Å². The van der Waals surface area contributed by atoms with Crippen LogP contribution in [0.5, 0.6) is 0 Å². The quantitative estimate of drug-likeness (QED) is 0.759. The molecule has 1 saturated heterocycles. The van der Waals surface area contributed by atoms with Crippen molar-refractivity contribution in [2.75, 3.05) is 13.1 Å². The fourth-order valence-corrected chi connectivity index (χ4v) is 5.84. The summed E-state index contributed by atoms with van der Waals surface area (Å²) in [7, 11) is -2.51. The summed E-state index contributed by atoms with van der Waals surface area (Å²) in [5, 5.41) is 0.723. The van der Waals surface area contributed by atoms with Gasteiger partial charge in [-0.1, -0.05) is 20.8 Å². The Morgan fingerprint density at radius 2 is 1.71 bits per heavy atom. The van der Waals surface area contributed by atoms with Gasteiger partial charge in [0.05, 0.1) is 0 Å². The van der Waals surface area contributed by atoms with Crippen molar-refractivity contribution in [1.82, 2.24) is 9.65 Å². The third-order valence-corrected chi connectivity index (χ3v) is 7.42. The minimum atomic E-state index is -2.51. The Balaban J connectivity index is 2.48. The van der Waals surface area contributed by atoms with Crippen LogP contribution in [0.2, 0.25) is 0 Å². The van der Waals surface area contributed by atoms with Crippen LogP contribution in [0, 0.1) is 0 Å². The van der Waals surface area contributed by atoms with Crippen molar-refractivity contribution in [2.24, 2.45) is 0 Å². The van der Waals surface area contributed by atoms with E-state index in [9.17, 15) is 4.57 Å². The van der Waals surface area contributed by atoms with Crippen LogP contribution in [0.25, 0.3) is 0 Å². The van der Waals surface area contributed by atoms with E-state index in [-0.39, 0.29) is 5.16 Å². The summed E-state index contributed by atoms with van der Waals surface area (Å²) >= 11 is 0. The first-order valence-corrected chi connectivity index (χ1v) is 7.88. The van der Waals surface area contributed by atoms with Gasteiger partial charge in [-0.25, -0.2) is 4.67 Å². The summed E-state index contributed by atoms with van der Waals surface area (Å²) in [4.78, 5) is 4.03. The van der Waals surface area contributed by atoms with Crippen molar-refractivity contribution in [3.63, 3.8) is 0 Å². The van der Waals surface area contributed by atoms with Gasteiger partial charge in [0.2, 0.25) is 0 Å². The van der Waals surface area contributed by atoms with Crippen LogP contribution in [0.15, 0.2) is 24.5 Å². The van der Waals surface area contributed by atoms with Gasteiger partial charge >= 0.3 is 0 Å². The third-order valence-electron chi connectivity index (χ3n) is 3.40. The molecule has 1 unspecified atom stereocenters. The molecule has 1 aromatic rings. The molecular weight excluding hydrogens is 231 g/mol. The molecule has 1 aromatic heterocycles. The molecule has 1 atom stereocenters. The lowest BCUT2D eigenvalue weighted by molar-refractivity contribution is 0.457. The number of pyridine rings is 1. The highest BCUT2D eigenvalue weighted by Gasteiger charge is 2.44. The Bertz CT molecular complexity index is 419. The lowest BCUT2D eigenvalue weighted by Gasteiger charge is -2.38. The second-order valence-electron chi connectivity index (χ2n) is 5.61. The predicted octanol–water partition coefficient (Wildman–Crippen LogP) is 2.88. The zero-order chi connectivity index (χ0) is 12.5. The average Bonchev–Trinajstić information content (AvgIpc) is 2.81. The van der Waals surface area contributed by atoms with Crippen LogP contribution in [0.3, 0.4) is 0 Å². The molecule has 94 valence electrons. The first-order chi connectivity index (χ1) is 7.96. The molecule has 0 N–H and O–H groups in total. The smallest absolute Gasteiger partial charge is 0.183 e. The van der Waals surface area contributed by atoms with Gasteiger partial charge in [-0.3, -0.25) is 4.98 Å². The van der Waals surface area contributed by atoms with Crippen LogP contribution in [0.1, 0.15) is 33.6 Å². The third kappa shape index (κ3) is 2.19. The first kappa shape index (κ1) is 12.8. The van der Waals surface area contributed by atoms with Gasteiger partial charge in [-0.15, -0.1) is 0 Å². The van der Waals surface area contributed by atoms with Crippen LogP contribution in [-0.4, -0.2) is 27.9 Å². The largest absolute Gasteiger partial charge is 0.301 e. The normalized spacial score (nSPS) is 21.4. The first-order valence-electron chi connectivity index (χ1n) is 6.22. The van der Waals surface area contributed by atoms with E-state index in [1.807, 2.05) is 12.1 Å². The van der Waals surface area contributed by atoms with Crippen LogP contribution in [-0.2, 0) is 4.57 Å². The standard InChI is InChI=1S/C13H21N2OP/c1-13(2,3)17(16,15-10-4-5-11-15)12-6-8-14-9-7-12/h6-9H,4-5,10-11H2,1-3H3. The van der Waals surface area contributed by atoms with Gasteiger partial charge in [-0.2, -0.15) is 0 Å². The lowest BCUT2D eigenvalue weighted by atomic mass is 10.3. The maximum atomic E-state index is 13.5. The molecule has 17 heavy (non-hydrogen) atoms. The summed E-state index contributed by atoms with van der Waals surface area (Å²) < 4.78 is 15.7. The molecule has 0 bridgehead atoms. The molecule has 2 rings (SSSR count). The van der Waals surface area contributed by atoms with Gasteiger partial charge in [0.15, 0.2) is 7.29 Å². The molecule has 0 amide bonds. The summed E-state index contributed by atoms with van der Waals surface area (Å²) in [6.45, 7) is 8.14. The van der Waals surface area contributed by atoms with E-state index >= 15 is 0 Å². The number of aromatic nitrogens is 1. The molecule has 0 radical (unpaired) electrons. The Morgan fingerprint density at radius 1 is 1.18 bits per heavy atom. The predicted molar refractivity (Wildman–Crippen MR) is 72.0 cm³/mol. The zero-order valence-corrected chi connectivity index (χ0v) is 11.8. The summed E-state index contributed by atoms with van der Waals surface area (Å²) in [5.74, 6) is 0. The van der Waals surface area contributed by atoms with Crippen LogP contribution < -0.4 is 5.30 Å². The van der Waals surface area contributed by atoms with Crippen molar-refractivity contribution in [3.05, 3.63) is 24.5 Å². The van der Waals surface area contributed by atoms with Crippen molar-refractivity contribution in [2.45, 2.75) is 38.8 Å². The topological polar surface area (TPSA) is 33.2 Å². The van der Waals surface area contributed by atoms with E-state index in [1.54, 1.807) is 12.4 Å². The van der Waals surface area contributed by atoms with Crippen LogP contribution in [0.4, 0.5) is 0 Å². The minimum absolute atomic E-state index is 0.224. The van der Waals surface area contributed by atoms with Gasteiger partial charge < -0.3 is 4.57 Å². The highest BCUT2D eigenvalue weighted by atomic mass is 31.2. The number of hydrogen-bond acceptors (Lipinski definition) is 2. The molecule has 0 spiro atoms. The van der Waals surface area contributed by atoms with Gasteiger partial charge in [-0.05, 0) is 25.0 Å². The molecular formula is C13H21N2OP. The average molecular weight is 252 g/mol. The number of nitrogens with zero attached hydrogens (tertiary/aromatic N) is 2. The molecule has 1 aliphatic heterocycles. The Morgan fingerprint density at radius 3 is 2.18 bits per heavy atom. The van der Waals surface area contributed by atoms with E-state index in [1.165, 1.54) is 0 Å². The Kier molecular flexibility index (Phi) is 3.42. The molecule has 0 aliphatic carbocycles. The SMILES string of the molecule is CC(C)(C)P(=O)(c1ccncc1)N1CCCC1. The van der Waals surface area contributed by atoms with E-state index in [2.05, 4.69) is 30.4 Å². The molecule has 3 nitrogen and oxygen atoms in total. The summed E-state index contributed by atoms with van der Waals surface area (Å²) in [5.41, 5.74) is 0. The lowest BCUT2D eigenvalue weighted by Crippen LogP contribution is -2.34. The van der Waals surface area contributed by atoms with E-state index in [0.717, 1.165) is 31.2 Å². The zero-order valence-electron chi connectivity index (χ0n) is 10.9. The van der Waals surface area contributed by atoms with E-state index < -0.39 is 7.29 Å². The molecule has 4 heteroatoms. The minimum Gasteiger partial charge on any atom is -0.301 e.